The Morgan fingerprint density at radius 2 is 1.57 bits per heavy atom. The number of amides is 1. The van der Waals surface area contributed by atoms with Crippen LogP contribution >= 0.6 is 0 Å². The number of carbonyl (C=O) groups is 1. The summed E-state index contributed by atoms with van der Waals surface area (Å²) in [6.45, 7) is -0.0641. The van der Waals surface area contributed by atoms with Crippen molar-refractivity contribution in [3.8, 4) is 0 Å². The second kappa shape index (κ2) is 9.18. The first-order valence-corrected chi connectivity index (χ1v) is 10.0. The van der Waals surface area contributed by atoms with Crippen molar-refractivity contribution in [2.45, 2.75) is 25.4 Å². The number of hydrogen-bond donors (Lipinski definition) is 1. The van der Waals surface area contributed by atoms with Gasteiger partial charge in [0.25, 0.3) is 5.56 Å². The smallest absolute Gasteiger partial charge is 0.261 e. The molecule has 0 aliphatic rings. The number of nitrogens with one attached hydrogen (secondary N) is 1. The third-order valence-corrected chi connectivity index (χ3v) is 5.15. The number of aryl methyl sites for hydroxylation is 1. The van der Waals surface area contributed by atoms with Crippen LogP contribution in [0.1, 0.15) is 23.6 Å². The van der Waals surface area contributed by atoms with Crippen molar-refractivity contribution in [3.05, 3.63) is 113 Å². The number of para-hydroxylation sites is 1. The first-order valence-electron chi connectivity index (χ1n) is 10.0. The minimum Gasteiger partial charge on any atom is -0.348 e. The molecule has 0 saturated carbocycles. The van der Waals surface area contributed by atoms with Gasteiger partial charge >= 0.3 is 0 Å². The van der Waals surface area contributed by atoms with Crippen molar-refractivity contribution in [1.29, 1.82) is 0 Å². The van der Waals surface area contributed by atoms with E-state index in [1.54, 1.807) is 18.2 Å². The summed E-state index contributed by atoms with van der Waals surface area (Å²) >= 11 is 0. The van der Waals surface area contributed by atoms with Gasteiger partial charge in [-0.2, -0.15) is 0 Å². The standard InChI is InChI=1S/C25H23N3O2/c29-24(17-28-18-26-23-14-8-7-13-21(23)25(28)30)27-22(20-11-5-2-6-12-20)16-15-19-9-3-1-4-10-19/h1-14,18,22H,15-17H2,(H,27,29)/t22-/m0/s1. The molecule has 150 valence electrons. The van der Waals surface area contributed by atoms with Crippen LogP contribution in [0.3, 0.4) is 0 Å². The summed E-state index contributed by atoms with van der Waals surface area (Å²) in [5.74, 6) is -0.212. The maximum atomic E-state index is 12.8. The van der Waals surface area contributed by atoms with Crippen molar-refractivity contribution in [1.82, 2.24) is 14.9 Å². The number of rotatable bonds is 7. The van der Waals surface area contributed by atoms with E-state index in [0.717, 1.165) is 18.4 Å². The molecule has 0 fully saturated rings. The van der Waals surface area contributed by atoms with Gasteiger partial charge in [-0.3, -0.25) is 14.2 Å². The lowest BCUT2D eigenvalue weighted by molar-refractivity contribution is -0.122. The number of carbonyl (C=O) groups excluding carboxylic acids is 1. The van der Waals surface area contributed by atoms with Crippen LogP contribution in [-0.2, 0) is 17.8 Å². The average molecular weight is 397 g/mol. The molecule has 0 aliphatic heterocycles. The molecule has 5 nitrogen and oxygen atoms in total. The Hall–Kier alpha value is -3.73. The molecule has 4 aromatic rings. The van der Waals surface area contributed by atoms with Crippen LogP contribution < -0.4 is 10.9 Å². The quantitative estimate of drug-likeness (QED) is 0.515. The Morgan fingerprint density at radius 3 is 2.33 bits per heavy atom. The topological polar surface area (TPSA) is 64.0 Å². The van der Waals surface area contributed by atoms with Gasteiger partial charge in [-0.05, 0) is 36.1 Å². The van der Waals surface area contributed by atoms with Crippen LogP contribution in [0.2, 0.25) is 0 Å². The fourth-order valence-electron chi connectivity index (χ4n) is 3.58. The van der Waals surface area contributed by atoms with Gasteiger partial charge < -0.3 is 5.32 Å². The Kier molecular flexibility index (Phi) is 5.99. The molecule has 5 heteroatoms. The Morgan fingerprint density at radius 1 is 0.900 bits per heavy atom. The highest BCUT2D eigenvalue weighted by molar-refractivity contribution is 5.79. The van der Waals surface area contributed by atoms with E-state index in [1.807, 2.05) is 54.6 Å². The Balaban J connectivity index is 1.50. The molecular formula is C25H23N3O2. The zero-order valence-corrected chi connectivity index (χ0v) is 16.6. The zero-order chi connectivity index (χ0) is 20.8. The monoisotopic (exact) mass is 397 g/mol. The second-order valence-corrected chi connectivity index (χ2v) is 7.25. The molecule has 0 bridgehead atoms. The molecular weight excluding hydrogens is 374 g/mol. The summed E-state index contributed by atoms with van der Waals surface area (Å²) in [4.78, 5) is 29.8. The van der Waals surface area contributed by atoms with Crippen LogP contribution in [-0.4, -0.2) is 15.5 Å². The average Bonchev–Trinajstić information content (AvgIpc) is 2.80. The van der Waals surface area contributed by atoms with E-state index in [0.29, 0.717) is 10.9 Å². The number of benzene rings is 3. The molecule has 4 rings (SSSR count). The Bertz CT molecular complexity index is 1190. The molecule has 1 amide bonds. The van der Waals surface area contributed by atoms with E-state index in [1.165, 1.54) is 16.5 Å². The summed E-state index contributed by atoms with van der Waals surface area (Å²) in [5.41, 5.74) is 2.69. The lowest BCUT2D eigenvalue weighted by Crippen LogP contribution is -2.35. The molecule has 1 N–H and O–H groups in total. The van der Waals surface area contributed by atoms with E-state index in [2.05, 4.69) is 22.4 Å². The maximum absolute atomic E-state index is 12.8. The zero-order valence-electron chi connectivity index (χ0n) is 16.6. The molecule has 0 saturated heterocycles. The largest absolute Gasteiger partial charge is 0.348 e. The normalized spacial score (nSPS) is 11.9. The lowest BCUT2D eigenvalue weighted by Gasteiger charge is -2.20. The van der Waals surface area contributed by atoms with Gasteiger partial charge in [0, 0.05) is 0 Å². The van der Waals surface area contributed by atoms with Crippen molar-refractivity contribution < 1.29 is 4.79 Å². The maximum Gasteiger partial charge on any atom is 0.261 e. The van der Waals surface area contributed by atoms with Crippen LogP contribution in [0, 0.1) is 0 Å². The number of aromatic nitrogens is 2. The van der Waals surface area contributed by atoms with E-state index in [4.69, 9.17) is 0 Å². The van der Waals surface area contributed by atoms with Crippen LogP contribution in [0.4, 0.5) is 0 Å². The molecule has 0 unspecified atom stereocenters. The van der Waals surface area contributed by atoms with Gasteiger partial charge in [0.1, 0.15) is 6.54 Å². The van der Waals surface area contributed by atoms with Crippen LogP contribution in [0.25, 0.3) is 10.9 Å². The molecule has 0 aliphatic carbocycles. The third kappa shape index (κ3) is 4.63. The summed E-state index contributed by atoms with van der Waals surface area (Å²) < 4.78 is 1.36. The van der Waals surface area contributed by atoms with E-state index >= 15 is 0 Å². The van der Waals surface area contributed by atoms with E-state index in [9.17, 15) is 9.59 Å². The SMILES string of the molecule is O=C(Cn1cnc2ccccc2c1=O)N[C@@H](CCc1ccccc1)c1ccccc1. The van der Waals surface area contributed by atoms with Gasteiger partial charge in [-0.1, -0.05) is 72.8 Å². The second-order valence-electron chi connectivity index (χ2n) is 7.25. The van der Waals surface area contributed by atoms with Crippen molar-refractivity contribution >= 4 is 16.8 Å². The van der Waals surface area contributed by atoms with Gasteiger partial charge in [-0.15, -0.1) is 0 Å². The first kappa shape index (κ1) is 19.6. The van der Waals surface area contributed by atoms with Gasteiger partial charge in [0.05, 0.1) is 23.3 Å². The molecule has 1 atom stereocenters. The van der Waals surface area contributed by atoms with Crippen molar-refractivity contribution in [2.24, 2.45) is 0 Å². The molecule has 0 spiro atoms. The van der Waals surface area contributed by atoms with E-state index in [-0.39, 0.29) is 24.1 Å². The van der Waals surface area contributed by atoms with Crippen molar-refractivity contribution in [2.75, 3.05) is 0 Å². The van der Waals surface area contributed by atoms with Gasteiger partial charge in [0.15, 0.2) is 0 Å². The molecule has 0 radical (unpaired) electrons. The van der Waals surface area contributed by atoms with E-state index < -0.39 is 0 Å². The fraction of sp³-hybridized carbons (Fsp3) is 0.160. The first-order chi connectivity index (χ1) is 14.7. The summed E-state index contributed by atoms with van der Waals surface area (Å²) in [5, 5.41) is 3.61. The summed E-state index contributed by atoms with van der Waals surface area (Å²) in [6.07, 6.45) is 3.05. The predicted molar refractivity (Wildman–Crippen MR) is 118 cm³/mol. The fourth-order valence-corrected chi connectivity index (χ4v) is 3.58. The number of fused-ring (bicyclic) bond motifs is 1. The third-order valence-electron chi connectivity index (χ3n) is 5.15. The lowest BCUT2D eigenvalue weighted by atomic mass is 9.99. The van der Waals surface area contributed by atoms with Crippen LogP contribution in [0.5, 0.6) is 0 Å². The van der Waals surface area contributed by atoms with Crippen molar-refractivity contribution in [3.63, 3.8) is 0 Å². The summed E-state index contributed by atoms with van der Waals surface area (Å²) in [7, 11) is 0. The van der Waals surface area contributed by atoms with Crippen LogP contribution in [0.15, 0.2) is 96.1 Å². The molecule has 1 aromatic heterocycles. The summed E-state index contributed by atoms with van der Waals surface area (Å²) in [6, 6.07) is 27.1. The van der Waals surface area contributed by atoms with Gasteiger partial charge in [0.2, 0.25) is 5.91 Å². The number of nitrogens with zero attached hydrogens (tertiary/aromatic N) is 2. The highest BCUT2D eigenvalue weighted by atomic mass is 16.2. The predicted octanol–water partition coefficient (Wildman–Crippen LogP) is 3.89. The minimum atomic E-state index is -0.212. The minimum absolute atomic E-state index is 0.0641. The molecule has 1 heterocycles. The molecule has 3 aromatic carbocycles. The Labute approximate surface area is 175 Å². The molecule has 30 heavy (non-hydrogen) atoms. The van der Waals surface area contributed by atoms with Gasteiger partial charge in [-0.25, -0.2) is 4.98 Å². The number of hydrogen-bond acceptors (Lipinski definition) is 3. The highest BCUT2D eigenvalue weighted by Crippen LogP contribution is 2.19. The highest BCUT2D eigenvalue weighted by Gasteiger charge is 2.16.